The second kappa shape index (κ2) is 7.18. The molecule has 5 rings (SSSR count). The summed E-state index contributed by atoms with van der Waals surface area (Å²) in [4.78, 5) is 19.4. The van der Waals surface area contributed by atoms with Gasteiger partial charge in [-0.2, -0.15) is 0 Å². The zero-order valence-corrected chi connectivity index (χ0v) is 16.1. The van der Waals surface area contributed by atoms with Crippen molar-refractivity contribution in [3.63, 3.8) is 0 Å². The fourth-order valence-electron chi connectivity index (χ4n) is 3.64. The van der Waals surface area contributed by atoms with Gasteiger partial charge in [0, 0.05) is 19.3 Å². The van der Waals surface area contributed by atoms with Gasteiger partial charge in [-0.05, 0) is 42.8 Å². The van der Waals surface area contributed by atoms with Crippen molar-refractivity contribution in [2.24, 2.45) is 0 Å². The molecular formula is C24H20N2O3. The third-order valence-corrected chi connectivity index (χ3v) is 5.17. The van der Waals surface area contributed by atoms with Gasteiger partial charge in [0.15, 0.2) is 5.76 Å². The van der Waals surface area contributed by atoms with Crippen molar-refractivity contribution in [1.82, 2.24) is 9.88 Å². The Morgan fingerprint density at radius 1 is 1.10 bits per heavy atom. The molecule has 3 heterocycles. The van der Waals surface area contributed by atoms with Crippen molar-refractivity contribution in [2.75, 3.05) is 6.73 Å². The van der Waals surface area contributed by atoms with E-state index in [1.54, 1.807) is 18.3 Å². The van der Waals surface area contributed by atoms with Crippen LogP contribution >= 0.6 is 0 Å². The molecule has 0 N–H and O–H groups in total. The lowest BCUT2D eigenvalue weighted by atomic mass is 10.0. The highest BCUT2D eigenvalue weighted by Crippen LogP contribution is 2.42. The van der Waals surface area contributed by atoms with Gasteiger partial charge >= 0.3 is 0 Å². The minimum atomic E-state index is -0.0924. The number of fused-ring (bicyclic) bond motifs is 3. The number of allylic oxidation sites excluding steroid dienone is 1. The molecule has 0 atom stereocenters. The molecule has 0 aliphatic carbocycles. The molecule has 0 saturated heterocycles. The van der Waals surface area contributed by atoms with Crippen molar-refractivity contribution in [3.05, 3.63) is 94.5 Å². The lowest BCUT2D eigenvalue weighted by Crippen LogP contribution is -2.32. The fraction of sp³-hybridized carbons (Fsp3) is 0.167. The number of pyridine rings is 1. The number of carbonyl (C=O) groups excluding carboxylic acids is 1. The number of hydrogen-bond acceptors (Lipinski definition) is 5. The number of carbonyl (C=O) groups is 1. The van der Waals surface area contributed by atoms with Gasteiger partial charge in [0.25, 0.3) is 0 Å². The molecule has 3 aromatic rings. The minimum Gasteiger partial charge on any atom is -0.478 e. The second-order valence-corrected chi connectivity index (χ2v) is 7.35. The van der Waals surface area contributed by atoms with Crippen LogP contribution in [0.5, 0.6) is 11.5 Å². The Kier molecular flexibility index (Phi) is 4.37. The lowest BCUT2D eigenvalue weighted by Gasteiger charge is -2.29. The second-order valence-electron chi connectivity index (χ2n) is 7.35. The first-order valence-electron chi connectivity index (χ1n) is 9.59. The maximum Gasteiger partial charge on any atom is 0.231 e. The molecule has 2 aliphatic heterocycles. The van der Waals surface area contributed by atoms with E-state index in [0.717, 1.165) is 22.6 Å². The number of Topliss-reactive ketones (excluding diaryl/α,β-unsaturated/α-hetero) is 1. The van der Waals surface area contributed by atoms with Crippen LogP contribution in [-0.4, -0.2) is 22.4 Å². The SMILES string of the molecule is Cc1ccc(/C=C2\Oc3c(ccc4c3CN(Cc3ccccn3)CO4)C2=O)cc1. The van der Waals surface area contributed by atoms with Crippen LogP contribution in [0.4, 0.5) is 0 Å². The Morgan fingerprint density at radius 2 is 1.97 bits per heavy atom. The molecule has 1 aromatic heterocycles. The highest BCUT2D eigenvalue weighted by Gasteiger charge is 2.33. The minimum absolute atomic E-state index is 0.0924. The van der Waals surface area contributed by atoms with Gasteiger partial charge < -0.3 is 9.47 Å². The molecule has 29 heavy (non-hydrogen) atoms. The molecule has 0 saturated carbocycles. The van der Waals surface area contributed by atoms with E-state index in [1.165, 1.54) is 5.56 Å². The van der Waals surface area contributed by atoms with Crippen molar-refractivity contribution >= 4 is 11.9 Å². The normalized spacial score (nSPS) is 16.9. The topological polar surface area (TPSA) is 51.7 Å². The van der Waals surface area contributed by atoms with Crippen LogP contribution in [0.3, 0.4) is 0 Å². The fourth-order valence-corrected chi connectivity index (χ4v) is 3.64. The average molecular weight is 384 g/mol. The van der Waals surface area contributed by atoms with Crippen molar-refractivity contribution < 1.29 is 14.3 Å². The summed E-state index contributed by atoms with van der Waals surface area (Å²) in [7, 11) is 0. The first kappa shape index (κ1) is 17.6. The summed E-state index contributed by atoms with van der Waals surface area (Å²) in [5.74, 6) is 1.63. The van der Waals surface area contributed by atoms with Gasteiger partial charge in [0.2, 0.25) is 5.78 Å². The maximum absolute atomic E-state index is 12.9. The van der Waals surface area contributed by atoms with Gasteiger partial charge in [-0.25, -0.2) is 0 Å². The van der Waals surface area contributed by atoms with Crippen LogP contribution in [0.2, 0.25) is 0 Å². The first-order valence-corrected chi connectivity index (χ1v) is 9.59. The summed E-state index contributed by atoms with van der Waals surface area (Å²) in [5, 5.41) is 0. The van der Waals surface area contributed by atoms with Crippen LogP contribution in [0.1, 0.15) is 32.7 Å². The monoisotopic (exact) mass is 384 g/mol. The zero-order valence-electron chi connectivity index (χ0n) is 16.1. The Balaban J connectivity index is 1.43. The number of rotatable bonds is 3. The number of benzene rings is 2. The molecule has 2 aliphatic rings. The Labute approximate surface area is 169 Å². The number of ether oxygens (including phenoxy) is 2. The maximum atomic E-state index is 12.9. The van der Waals surface area contributed by atoms with E-state index < -0.39 is 0 Å². The molecule has 0 amide bonds. The lowest BCUT2D eigenvalue weighted by molar-refractivity contribution is 0.0861. The van der Waals surface area contributed by atoms with E-state index in [9.17, 15) is 4.79 Å². The van der Waals surface area contributed by atoms with Crippen molar-refractivity contribution in [1.29, 1.82) is 0 Å². The third kappa shape index (κ3) is 3.41. The molecule has 0 fully saturated rings. The molecule has 0 bridgehead atoms. The quantitative estimate of drug-likeness (QED) is 0.628. The van der Waals surface area contributed by atoms with Crippen LogP contribution in [0.25, 0.3) is 6.08 Å². The number of ketones is 1. The largest absolute Gasteiger partial charge is 0.478 e. The molecule has 144 valence electrons. The zero-order chi connectivity index (χ0) is 19.8. The van der Waals surface area contributed by atoms with E-state index in [2.05, 4.69) is 9.88 Å². The Morgan fingerprint density at radius 3 is 2.76 bits per heavy atom. The van der Waals surface area contributed by atoms with E-state index in [-0.39, 0.29) is 5.78 Å². The highest BCUT2D eigenvalue weighted by atomic mass is 16.5. The molecule has 2 aromatic carbocycles. The van der Waals surface area contributed by atoms with Crippen LogP contribution in [0.15, 0.2) is 66.6 Å². The molecule has 5 heteroatoms. The molecule has 5 nitrogen and oxygen atoms in total. The van der Waals surface area contributed by atoms with Gasteiger partial charge in [-0.3, -0.25) is 14.7 Å². The van der Waals surface area contributed by atoms with E-state index in [4.69, 9.17) is 9.47 Å². The van der Waals surface area contributed by atoms with E-state index >= 15 is 0 Å². The van der Waals surface area contributed by atoms with Gasteiger partial charge in [-0.15, -0.1) is 0 Å². The van der Waals surface area contributed by atoms with Crippen LogP contribution in [-0.2, 0) is 13.1 Å². The van der Waals surface area contributed by atoms with Crippen LogP contribution < -0.4 is 9.47 Å². The number of nitrogens with zero attached hydrogens (tertiary/aromatic N) is 2. The van der Waals surface area contributed by atoms with Gasteiger partial charge in [-0.1, -0.05) is 35.9 Å². The number of aryl methyl sites for hydroxylation is 1. The summed E-state index contributed by atoms with van der Waals surface area (Å²) >= 11 is 0. The van der Waals surface area contributed by atoms with Gasteiger partial charge in [0.1, 0.15) is 18.2 Å². The van der Waals surface area contributed by atoms with Crippen molar-refractivity contribution in [2.45, 2.75) is 20.0 Å². The molecule has 0 spiro atoms. The number of hydrogen-bond donors (Lipinski definition) is 0. The Hall–Kier alpha value is -3.44. The predicted molar refractivity (Wildman–Crippen MR) is 110 cm³/mol. The number of aromatic nitrogens is 1. The predicted octanol–water partition coefficient (Wildman–Crippen LogP) is 4.36. The van der Waals surface area contributed by atoms with E-state index in [1.807, 2.05) is 55.5 Å². The van der Waals surface area contributed by atoms with Gasteiger partial charge in [0.05, 0.1) is 16.8 Å². The van der Waals surface area contributed by atoms with E-state index in [0.29, 0.717) is 36.9 Å². The summed E-state index contributed by atoms with van der Waals surface area (Å²) in [6, 6.07) is 17.5. The average Bonchev–Trinajstić information content (AvgIpc) is 3.06. The standard InChI is InChI=1S/C24H20N2O3/c1-16-5-7-17(8-6-16)12-22-23(27)19-9-10-21-20(24(19)29-22)14-26(15-28-21)13-18-4-2-3-11-25-18/h2-12H,13-15H2,1H3/b22-12-. The smallest absolute Gasteiger partial charge is 0.231 e. The first-order chi connectivity index (χ1) is 14.2. The summed E-state index contributed by atoms with van der Waals surface area (Å²) in [6.45, 7) is 3.82. The molecule has 0 unspecified atom stereocenters. The third-order valence-electron chi connectivity index (χ3n) is 5.17. The Bertz CT molecular complexity index is 1100. The summed E-state index contributed by atoms with van der Waals surface area (Å²) in [5.41, 5.74) is 4.58. The highest BCUT2D eigenvalue weighted by molar-refractivity contribution is 6.15. The molecular weight excluding hydrogens is 364 g/mol. The molecule has 0 radical (unpaired) electrons. The summed E-state index contributed by atoms with van der Waals surface area (Å²) < 4.78 is 12.0. The van der Waals surface area contributed by atoms with Crippen molar-refractivity contribution in [3.8, 4) is 11.5 Å². The van der Waals surface area contributed by atoms with Crippen LogP contribution in [0, 0.1) is 6.92 Å². The summed E-state index contributed by atoms with van der Waals surface area (Å²) in [6.07, 6.45) is 3.58.